The second-order valence-corrected chi connectivity index (χ2v) is 9.30. The van der Waals surface area contributed by atoms with Gasteiger partial charge in [-0.25, -0.2) is 10.0 Å². The van der Waals surface area contributed by atoms with E-state index in [1.54, 1.807) is 0 Å². The minimum Gasteiger partial charge on any atom is -0.379 e. The van der Waals surface area contributed by atoms with E-state index in [2.05, 4.69) is 34.8 Å². The largest absolute Gasteiger partial charge is 0.379 e. The molecule has 6 heteroatoms. The van der Waals surface area contributed by atoms with Crippen molar-refractivity contribution in [3.63, 3.8) is 0 Å². The third-order valence-electron chi connectivity index (χ3n) is 5.66. The summed E-state index contributed by atoms with van der Waals surface area (Å²) in [6.07, 6.45) is 1.61. The summed E-state index contributed by atoms with van der Waals surface area (Å²) in [5, 5.41) is 3.87. The quantitative estimate of drug-likeness (QED) is 0.715. The Bertz CT molecular complexity index is 794. The second kappa shape index (κ2) is 7.15. The average Bonchev–Trinajstić information content (AvgIpc) is 2.61. The molecule has 2 heterocycles. The summed E-state index contributed by atoms with van der Waals surface area (Å²) >= 11 is 3.47. The summed E-state index contributed by atoms with van der Waals surface area (Å²) < 4.78 is 6.45. The van der Waals surface area contributed by atoms with Gasteiger partial charge in [-0.3, -0.25) is 9.59 Å². The summed E-state index contributed by atoms with van der Waals surface area (Å²) in [5.74, 6) is 0.107. The van der Waals surface area contributed by atoms with Gasteiger partial charge in [0.25, 0.3) is 0 Å². The Kier molecular flexibility index (Phi) is 4.99. The Morgan fingerprint density at radius 3 is 2.41 bits per heavy atom. The highest BCUT2D eigenvalue weighted by Crippen LogP contribution is 2.47. The molecule has 2 aliphatic heterocycles. The fraction of sp³-hybridized carbons (Fsp3) is 0.524. The highest BCUT2D eigenvalue weighted by atomic mass is 79.9. The predicted octanol–water partition coefficient (Wildman–Crippen LogP) is 3.66. The lowest BCUT2D eigenvalue weighted by Gasteiger charge is -2.47. The van der Waals surface area contributed by atoms with Crippen LogP contribution in [0.2, 0.25) is 0 Å². The third kappa shape index (κ3) is 3.62. The highest BCUT2D eigenvalue weighted by Gasteiger charge is 2.45. The van der Waals surface area contributed by atoms with Crippen molar-refractivity contribution in [3.8, 4) is 0 Å². The number of ketones is 1. The maximum atomic E-state index is 13.2. The first-order valence-electron chi connectivity index (χ1n) is 9.53. The topological polar surface area (TPSA) is 49.9 Å². The smallest absolute Gasteiger partial charge is 0.242 e. The number of hydrazine groups is 1. The maximum Gasteiger partial charge on any atom is 0.242 e. The molecule has 1 aliphatic carbocycles. The minimum absolute atomic E-state index is 0.0778. The molecule has 1 amide bonds. The summed E-state index contributed by atoms with van der Waals surface area (Å²) in [6, 6.07) is 7.99. The summed E-state index contributed by atoms with van der Waals surface area (Å²) in [4.78, 5) is 26.4. The van der Waals surface area contributed by atoms with Gasteiger partial charge < -0.3 is 4.74 Å². The van der Waals surface area contributed by atoms with E-state index in [-0.39, 0.29) is 23.0 Å². The highest BCUT2D eigenvalue weighted by molar-refractivity contribution is 9.10. The molecule has 0 saturated carbocycles. The molecule has 27 heavy (non-hydrogen) atoms. The van der Waals surface area contributed by atoms with Gasteiger partial charge in [-0.2, -0.15) is 0 Å². The molecule has 4 rings (SSSR count). The van der Waals surface area contributed by atoms with Gasteiger partial charge in [-0.05, 0) is 29.5 Å². The molecule has 1 fully saturated rings. The van der Waals surface area contributed by atoms with Gasteiger partial charge in [-0.1, -0.05) is 41.9 Å². The number of amides is 1. The SMILES string of the molecule is CC1(C)CC(=O)C2=C(C1)N(N1CCOCC1)C(=O)CC2c1ccc(Br)cc1. The van der Waals surface area contributed by atoms with Gasteiger partial charge >= 0.3 is 0 Å². The fourth-order valence-corrected chi connectivity index (χ4v) is 4.73. The van der Waals surface area contributed by atoms with Crippen LogP contribution in [-0.4, -0.2) is 48.0 Å². The molecule has 0 spiro atoms. The van der Waals surface area contributed by atoms with Crippen LogP contribution in [0.1, 0.15) is 44.6 Å². The number of carbonyl (C=O) groups is 2. The second-order valence-electron chi connectivity index (χ2n) is 8.38. The van der Waals surface area contributed by atoms with Crippen LogP contribution in [0.4, 0.5) is 0 Å². The van der Waals surface area contributed by atoms with E-state index in [1.165, 1.54) is 0 Å². The van der Waals surface area contributed by atoms with Crippen molar-refractivity contribution in [3.05, 3.63) is 45.6 Å². The van der Waals surface area contributed by atoms with Crippen molar-refractivity contribution in [1.82, 2.24) is 10.0 Å². The first-order valence-corrected chi connectivity index (χ1v) is 10.3. The lowest BCUT2D eigenvalue weighted by Crippen LogP contribution is -2.55. The Morgan fingerprint density at radius 1 is 1.07 bits per heavy atom. The van der Waals surface area contributed by atoms with Crippen LogP contribution in [0, 0.1) is 5.41 Å². The van der Waals surface area contributed by atoms with Crippen molar-refractivity contribution < 1.29 is 14.3 Å². The molecule has 1 unspecified atom stereocenters. The first kappa shape index (κ1) is 18.8. The molecule has 0 aromatic heterocycles. The van der Waals surface area contributed by atoms with Crippen LogP contribution in [0.15, 0.2) is 40.0 Å². The van der Waals surface area contributed by atoms with Crippen LogP contribution >= 0.6 is 15.9 Å². The van der Waals surface area contributed by atoms with Crippen LogP contribution in [0.5, 0.6) is 0 Å². The Labute approximate surface area is 168 Å². The van der Waals surface area contributed by atoms with Gasteiger partial charge in [0.1, 0.15) is 0 Å². The Hall–Kier alpha value is -1.50. The number of allylic oxidation sites excluding steroid dienone is 2. The molecule has 1 aromatic carbocycles. The third-order valence-corrected chi connectivity index (χ3v) is 6.19. The number of hydrogen-bond acceptors (Lipinski definition) is 4. The van der Waals surface area contributed by atoms with E-state index >= 15 is 0 Å². The van der Waals surface area contributed by atoms with E-state index < -0.39 is 0 Å². The summed E-state index contributed by atoms with van der Waals surface area (Å²) in [5.41, 5.74) is 2.64. The lowest BCUT2D eigenvalue weighted by atomic mass is 9.69. The van der Waals surface area contributed by atoms with Gasteiger partial charge in [0, 0.05) is 47.6 Å². The minimum atomic E-state index is -0.151. The zero-order valence-corrected chi connectivity index (χ0v) is 17.4. The van der Waals surface area contributed by atoms with Gasteiger partial charge in [0.15, 0.2) is 5.78 Å². The molecule has 1 aromatic rings. The zero-order chi connectivity index (χ0) is 19.2. The summed E-state index contributed by atoms with van der Waals surface area (Å²) in [6.45, 7) is 6.81. The number of carbonyl (C=O) groups excluding carboxylic acids is 2. The standard InChI is InChI=1S/C21H25BrN2O3/c1-21(2)12-17-20(18(25)13-21)16(14-3-5-15(22)6-4-14)11-19(26)24(17)23-7-9-27-10-8-23/h3-6,16H,7-13H2,1-2H3. The van der Waals surface area contributed by atoms with E-state index in [4.69, 9.17) is 4.74 Å². The molecule has 5 nitrogen and oxygen atoms in total. The van der Waals surface area contributed by atoms with Crippen LogP contribution in [-0.2, 0) is 14.3 Å². The average molecular weight is 433 g/mol. The van der Waals surface area contributed by atoms with Crippen LogP contribution in [0.25, 0.3) is 0 Å². The number of morpholine rings is 1. The number of hydrogen-bond donors (Lipinski definition) is 0. The van der Waals surface area contributed by atoms with Crippen molar-refractivity contribution in [2.45, 2.75) is 39.0 Å². The number of rotatable bonds is 2. The van der Waals surface area contributed by atoms with E-state index in [1.807, 2.05) is 29.3 Å². The van der Waals surface area contributed by atoms with Crippen molar-refractivity contribution in [1.29, 1.82) is 0 Å². The van der Waals surface area contributed by atoms with Gasteiger partial charge in [-0.15, -0.1) is 0 Å². The zero-order valence-electron chi connectivity index (χ0n) is 15.8. The van der Waals surface area contributed by atoms with Gasteiger partial charge in [0.2, 0.25) is 5.91 Å². The number of Topliss-reactive ketones (excluding diaryl/α,β-unsaturated/α-hetero) is 1. The molecule has 1 atom stereocenters. The molecule has 0 radical (unpaired) electrons. The molecule has 1 saturated heterocycles. The Morgan fingerprint density at radius 2 is 1.74 bits per heavy atom. The molecule has 0 bridgehead atoms. The number of nitrogens with zero attached hydrogens (tertiary/aromatic N) is 2. The summed E-state index contributed by atoms with van der Waals surface area (Å²) in [7, 11) is 0. The normalized spacial score (nSPS) is 26.3. The number of halogens is 1. The van der Waals surface area contributed by atoms with Gasteiger partial charge in [0.05, 0.1) is 13.2 Å². The van der Waals surface area contributed by atoms with Crippen molar-refractivity contribution >= 4 is 27.6 Å². The van der Waals surface area contributed by atoms with Crippen LogP contribution in [0.3, 0.4) is 0 Å². The number of ether oxygens (including phenoxy) is 1. The fourth-order valence-electron chi connectivity index (χ4n) is 4.46. The molecular weight excluding hydrogens is 408 g/mol. The molecule has 0 N–H and O–H groups in total. The lowest BCUT2D eigenvalue weighted by molar-refractivity contribution is -0.154. The maximum absolute atomic E-state index is 13.2. The Balaban J connectivity index is 1.81. The van der Waals surface area contributed by atoms with E-state index in [9.17, 15) is 9.59 Å². The molecule has 144 valence electrons. The van der Waals surface area contributed by atoms with Crippen LogP contribution < -0.4 is 0 Å². The molecular formula is C21H25BrN2O3. The van der Waals surface area contributed by atoms with E-state index in [0.29, 0.717) is 39.1 Å². The predicted molar refractivity (Wildman–Crippen MR) is 106 cm³/mol. The molecule has 3 aliphatic rings. The number of benzene rings is 1. The monoisotopic (exact) mass is 432 g/mol. The van der Waals surface area contributed by atoms with Crippen molar-refractivity contribution in [2.24, 2.45) is 5.41 Å². The van der Waals surface area contributed by atoms with Crippen molar-refractivity contribution in [2.75, 3.05) is 26.3 Å². The first-order chi connectivity index (χ1) is 12.9. The van der Waals surface area contributed by atoms with E-state index in [0.717, 1.165) is 27.7 Å².